The zero-order valence-electron chi connectivity index (χ0n) is 36.7. The van der Waals surface area contributed by atoms with E-state index in [1.807, 2.05) is 30.4 Å². The van der Waals surface area contributed by atoms with Crippen LogP contribution >= 0.6 is 7.82 Å². The molecule has 0 saturated heterocycles. The fourth-order valence-corrected chi connectivity index (χ4v) is 6.58. The highest BCUT2D eigenvalue weighted by Gasteiger charge is 2.26. The van der Waals surface area contributed by atoms with Crippen LogP contribution in [0.3, 0.4) is 0 Å². The van der Waals surface area contributed by atoms with Gasteiger partial charge >= 0.3 is 19.8 Å². The van der Waals surface area contributed by atoms with Crippen molar-refractivity contribution in [3.05, 3.63) is 72.9 Å². The Morgan fingerprint density at radius 2 is 1.10 bits per heavy atom. The summed E-state index contributed by atoms with van der Waals surface area (Å²) < 4.78 is 32.6. The molecule has 0 fully saturated rings. The lowest BCUT2D eigenvalue weighted by Crippen LogP contribution is -2.29. The van der Waals surface area contributed by atoms with Gasteiger partial charge in [0, 0.05) is 19.4 Å². The number of hydrogen-bond donors (Lipinski definition) is 4. The largest absolute Gasteiger partial charge is 0.472 e. The molecule has 0 aliphatic rings. The summed E-state index contributed by atoms with van der Waals surface area (Å²) >= 11 is 0. The molecular formula is C47H82NO10P. The molecule has 0 amide bonds. The van der Waals surface area contributed by atoms with Crippen molar-refractivity contribution >= 4 is 19.8 Å². The topological polar surface area (TPSA) is 175 Å². The molecule has 0 aliphatic carbocycles. The number of hydrogen-bond acceptors (Lipinski definition) is 10. The molecular weight excluding hydrogens is 769 g/mol. The number of ether oxygens (including phenoxy) is 2. The van der Waals surface area contributed by atoms with Gasteiger partial charge in [-0.25, -0.2) is 4.57 Å². The Bertz CT molecular complexity index is 1230. The van der Waals surface area contributed by atoms with E-state index in [4.69, 9.17) is 24.3 Å². The number of rotatable bonds is 41. The number of phosphoric acid groups is 1. The quantitative estimate of drug-likeness (QED) is 0.0151. The maximum Gasteiger partial charge on any atom is 0.472 e. The van der Waals surface area contributed by atoms with Crippen LogP contribution in [0.4, 0.5) is 0 Å². The summed E-state index contributed by atoms with van der Waals surface area (Å²) in [6, 6.07) is 0. The van der Waals surface area contributed by atoms with Crippen molar-refractivity contribution in [1.82, 2.24) is 0 Å². The Kier molecular flexibility index (Phi) is 40.2. The maximum absolute atomic E-state index is 12.6. The third kappa shape index (κ3) is 41.9. The van der Waals surface area contributed by atoms with E-state index >= 15 is 0 Å². The Morgan fingerprint density at radius 3 is 1.69 bits per heavy atom. The van der Waals surface area contributed by atoms with E-state index < -0.39 is 44.7 Å². The lowest BCUT2D eigenvalue weighted by Gasteiger charge is -2.20. The number of nitrogens with two attached hydrogens (primary N) is 1. The molecule has 59 heavy (non-hydrogen) atoms. The minimum absolute atomic E-state index is 0.0166. The van der Waals surface area contributed by atoms with Gasteiger partial charge in [-0.3, -0.25) is 18.6 Å². The van der Waals surface area contributed by atoms with E-state index in [0.717, 1.165) is 57.8 Å². The average Bonchev–Trinajstić information content (AvgIpc) is 3.21. The van der Waals surface area contributed by atoms with Crippen molar-refractivity contribution in [2.75, 3.05) is 26.4 Å². The van der Waals surface area contributed by atoms with Crippen molar-refractivity contribution in [1.29, 1.82) is 0 Å². The van der Waals surface area contributed by atoms with Gasteiger partial charge in [0.1, 0.15) is 6.61 Å². The fraction of sp³-hybridized carbons (Fsp3) is 0.702. The van der Waals surface area contributed by atoms with Crippen LogP contribution < -0.4 is 5.73 Å². The summed E-state index contributed by atoms with van der Waals surface area (Å²) in [6.45, 7) is 3.33. The number of unbranched alkanes of at least 4 members (excludes halogenated alkanes) is 14. The number of phosphoric ester groups is 1. The van der Waals surface area contributed by atoms with E-state index in [0.29, 0.717) is 25.7 Å². The second-order valence-corrected chi connectivity index (χ2v) is 16.4. The third-order valence-corrected chi connectivity index (χ3v) is 10.3. The molecule has 0 rings (SSSR count). The standard InChI is InChI=1S/C47H82NO10P/c1-3-5-7-8-9-10-11-12-13-14-15-16-17-18-19-20-24-27-31-37-47(52)58-45(42-57-59(53,54)56-40-39-48)41-55-46(51)38-32-36-44(50)35-30-26-23-21-22-25-29-34-43(49)33-28-6-4-2/h9-10,12-13,22-23,25-26,29-30,34-35,43-45,49-50H,3-8,11,14-21,24,27-28,31-33,36-42,48H2,1-2H3,(H,53,54)/b10-9-,13-12-,25-22-,26-23-,34-29+,35-30+/t43-,44-,45+/m0/s1. The Balaban J connectivity index is 4.36. The summed E-state index contributed by atoms with van der Waals surface area (Å²) in [5.74, 6) is -1.07. The van der Waals surface area contributed by atoms with Gasteiger partial charge in [0.25, 0.3) is 0 Å². The lowest BCUT2D eigenvalue weighted by molar-refractivity contribution is -0.161. The summed E-state index contributed by atoms with van der Waals surface area (Å²) in [6.07, 6.45) is 44.3. The van der Waals surface area contributed by atoms with Gasteiger partial charge in [-0.05, 0) is 64.2 Å². The molecule has 12 heteroatoms. The second kappa shape index (κ2) is 42.1. The molecule has 0 aromatic heterocycles. The van der Waals surface area contributed by atoms with E-state index in [-0.39, 0.29) is 32.6 Å². The normalized spacial score (nSPS) is 15.0. The van der Waals surface area contributed by atoms with Gasteiger partial charge in [0.05, 0.1) is 25.4 Å². The van der Waals surface area contributed by atoms with E-state index in [1.165, 1.54) is 57.8 Å². The Hall–Kier alpha value is -2.63. The third-order valence-electron chi connectivity index (χ3n) is 9.27. The van der Waals surface area contributed by atoms with Crippen LogP contribution in [0.2, 0.25) is 0 Å². The van der Waals surface area contributed by atoms with E-state index in [1.54, 1.807) is 18.2 Å². The number of aliphatic hydroxyl groups excluding tert-OH is 2. The number of carbonyl (C=O) groups is 2. The monoisotopic (exact) mass is 852 g/mol. The van der Waals surface area contributed by atoms with Crippen molar-refractivity contribution in [3.8, 4) is 0 Å². The van der Waals surface area contributed by atoms with Crippen LogP contribution in [0.1, 0.15) is 168 Å². The molecule has 11 nitrogen and oxygen atoms in total. The molecule has 0 aliphatic heterocycles. The summed E-state index contributed by atoms with van der Waals surface area (Å²) in [5, 5.41) is 20.1. The molecule has 5 N–H and O–H groups in total. The lowest BCUT2D eigenvalue weighted by atomic mass is 10.1. The predicted molar refractivity (Wildman–Crippen MR) is 241 cm³/mol. The summed E-state index contributed by atoms with van der Waals surface area (Å²) in [7, 11) is -4.44. The maximum atomic E-state index is 12.6. The van der Waals surface area contributed by atoms with Gasteiger partial charge in [-0.1, -0.05) is 164 Å². The first-order valence-corrected chi connectivity index (χ1v) is 24.1. The van der Waals surface area contributed by atoms with Crippen molar-refractivity contribution < 1.29 is 47.8 Å². The summed E-state index contributed by atoms with van der Waals surface area (Å²) in [5.41, 5.74) is 5.34. The van der Waals surface area contributed by atoms with Gasteiger partial charge < -0.3 is 30.3 Å². The number of allylic oxidation sites excluding steroid dienone is 10. The SMILES string of the molecule is CCCCC/C=C\C/C=C\CCCCCCCCCCCC(=O)O[C@H](COC(=O)CCC[C@@H](O)/C=C/C=C\C/C=C\C=C\[C@@H](O)CCCCC)COP(=O)(O)OCCN. The smallest absolute Gasteiger partial charge is 0.462 e. The highest BCUT2D eigenvalue weighted by atomic mass is 31.2. The first-order valence-electron chi connectivity index (χ1n) is 22.6. The molecule has 340 valence electrons. The van der Waals surface area contributed by atoms with Crippen molar-refractivity contribution in [3.63, 3.8) is 0 Å². The van der Waals surface area contributed by atoms with Gasteiger partial charge in [-0.2, -0.15) is 0 Å². The van der Waals surface area contributed by atoms with Gasteiger partial charge in [0.15, 0.2) is 6.10 Å². The van der Waals surface area contributed by atoms with Crippen LogP contribution in [0.25, 0.3) is 0 Å². The molecule has 0 aromatic carbocycles. The first-order chi connectivity index (χ1) is 28.6. The Morgan fingerprint density at radius 1 is 0.593 bits per heavy atom. The van der Waals surface area contributed by atoms with Crippen LogP contribution in [0.15, 0.2) is 72.9 Å². The predicted octanol–water partition coefficient (Wildman–Crippen LogP) is 11.0. The van der Waals surface area contributed by atoms with Crippen LogP contribution in [0.5, 0.6) is 0 Å². The van der Waals surface area contributed by atoms with Crippen molar-refractivity contribution in [2.45, 2.75) is 186 Å². The van der Waals surface area contributed by atoms with E-state index in [2.05, 4.69) is 38.2 Å². The molecule has 0 bridgehead atoms. The van der Waals surface area contributed by atoms with E-state index in [9.17, 15) is 29.3 Å². The molecule has 0 radical (unpaired) electrons. The molecule has 0 saturated carbocycles. The minimum Gasteiger partial charge on any atom is -0.462 e. The highest BCUT2D eigenvalue weighted by Crippen LogP contribution is 2.43. The number of esters is 2. The zero-order valence-corrected chi connectivity index (χ0v) is 37.6. The van der Waals surface area contributed by atoms with Crippen LogP contribution in [-0.2, 0) is 32.7 Å². The van der Waals surface area contributed by atoms with Crippen LogP contribution in [-0.4, -0.2) is 71.7 Å². The Labute approximate surface area is 357 Å². The molecule has 4 atom stereocenters. The molecule has 0 spiro atoms. The molecule has 1 unspecified atom stereocenters. The number of aliphatic hydroxyl groups is 2. The molecule has 0 aromatic rings. The number of carbonyl (C=O) groups excluding carboxylic acids is 2. The highest BCUT2D eigenvalue weighted by molar-refractivity contribution is 7.47. The first kappa shape index (κ1) is 56.4. The average molecular weight is 852 g/mol. The minimum atomic E-state index is -4.44. The fourth-order valence-electron chi connectivity index (χ4n) is 5.82. The van der Waals surface area contributed by atoms with Gasteiger partial charge in [0.2, 0.25) is 0 Å². The second-order valence-electron chi connectivity index (χ2n) is 15.0. The summed E-state index contributed by atoms with van der Waals surface area (Å²) in [4.78, 5) is 34.9. The van der Waals surface area contributed by atoms with Gasteiger partial charge in [-0.15, -0.1) is 0 Å². The molecule has 0 heterocycles. The van der Waals surface area contributed by atoms with Crippen LogP contribution in [0, 0.1) is 0 Å². The van der Waals surface area contributed by atoms with Crippen molar-refractivity contribution in [2.24, 2.45) is 5.73 Å². The zero-order chi connectivity index (χ0) is 43.5.